The lowest BCUT2D eigenvalue weighted by atomic mass is 10.1. The molecule has 0 aliphatic carbocycles. The predicted octanol–water partition coefficient (Wildman–Crippen LogP) is 3.01. The second kappa shape index (κ2) is 9.80. The van der Waals surface area contributed by atoms with Crippen molar-refractivity contribution in [1.82, 2.24) is 20.8 Å². The Bertz CT molecular complexity index is 807. The lowest BCUT2D eigenvalue weighted by Gasteiger charge is -2.18. The molecule has 28 heavy (non-hydrogen) atoms. The minimum atomic E-state index is -0.186. The Kier molecular flexibility index (Phi) is 7.71. The Balaban J connectivity index is 0.00000280. The van der Waals surface area contributed by atoms with Gasteiger partial charge in [-0.1, -0.05) is 19.9 Å². The summed E-state index contributed by atoms with van der Waals surface area (Å²) in [6.45, 7) is 8.33. The third kappa shape index (κ3) is 4.97. The van der Waals surface area contributed by atoms with Crippen molar-refractivity contribution in [2.24, 2.45) is 5.92 Å². The normalized spacial score (nSPS) is 14.0. The van der Waals surface area contributed by atoms with Gasteiger partial charge in [0.25, 0.3) is 5.91 Å². The van der Waals surface area contributed by atoms with Crippen LogP contribution in [0.3, 0.4) is 0 Å². The van der Waals surface area contributed by atoms with Crippen LogP contribution in [-0.2, 0) is 13.0 Å². The van der Waals surface area contributed by atoms with Gasteiger partial charge in [-0.05, 0) is 30.5 Å². The number of carbonyl (C=O) groups is 1. The molecule has 1 unspecified atom stereocenters. The first-order chi connectivity index (χ1) is 13.0. The zero-order valence-corrected chi connectivity index (χ0v) is 17.6. The van der Waals surface area contributed by atoms with Gasteiger partial charge in [-0.3, -0.25) is 9.89 Å². The van der Waals surface area contributed by atoms with Crippen molar-refractivity contribution in [2.45, 2.75) is 39.8 Å². The average molecular weight is 409 g/mol. The molecule has 0 spiro atoms. The van der Waals surface area contributed by atoms with Crippen molar-refractivity contribution in [3.05, 3.63) is 40.7 Å². The van der Waals surface area contributed by atoms with Crippen LogP contribution in [0.4, 0.5) is 0 Å². The van der Waals surface area contributed by atoms with Crippen LogP contribution in [0.25, 0.3) is 0 Å². The van der Waals surface area contributed by atoms with Crippen molar-refractivity contribution >= 4 is 18.3 Å². The third-order valence-electron chi connectivity index (χ3n) is 4.63. The highest BCUT2D eigenvalue weighted by molar-refractivity contribution is 5.94. The zero-order valence-electron chi connectivity index (χ0n) is 16.8. The molecule has 1 aliphatic rings. The first-order valence-electron chi connectivity index (χ1n) is 9.38. The van der Waals surface area contributed by atoms with Gasteiger partial charge in [0.15, 0.2) is 17.2 Å². The summed E-state index contributed by atoms with van der Waals surface area (Å²) in [7, 11) is 1.62. The number of nitrogens with one attached hydrogen (secondary N) is 3. The van der Waals surface area contributed by atoms with Crippen LogP contribution in [0.15, 0.2) is 18.2 Å². The standard InChI is InChI=1S/C20H28N4O3.ClH/c1-12(2)11-27-17-6-5-14(9-18(17)26-4)13(3)22-20(25)19-15-10-21-8-7-16(15)23-24-19;/h5-6,9,12-13,21H,7-8,10-11H2,1-4H3,(H,22,25)(H,23,24);1H. The van der Waals surface area contributed by atoms with Gasteiger partial charge in [-0.15, -0.1) is 12.4 Å². The smallest absolute Gasteiger partial charge is 0.272 e. The Labute approximate surface area is 172 Å². The molecule has 0 saturated carbocycles. The lowest BCUT2D eigenvalue weighted by molar-refractivity contribution is 0.0933. The minimum Gasteiger partial charge on any atom is -0.493 e. The maximum atomic E-state index is 12.7. The Morgan fingerprint density at radius 3 is 2.79 bits per heavy atom. The van der Waals surface area contributed by atoms with Gasteiger partial charge in [-0.25, -0.2) is 0 Å². The zero-order chi connectivity index (χ0) is 19.4. The predicted molar refractivity (Wildman–Crippen MR) is 110 cm³/mol. The van der Waals surface area contributed by atoms with E-state index < -0.39 is 0 Å². The molecule has 2 aromatic rings. The topological polar surface area (TPSA) is 88.3 Å². The van der Waals surface area contributed by atoms with Crippen molar-refractivity contribution in [1.29, 1.82) is 0 Å². The second-order valence-corrected chi connectivity index (χ2v) is 7.27. The number of halogens is 1. The molecule has 0 radical (unpaired) electrons. The average Bonchev–Trinajstić information content (AvgIpc) is 3.10. The summed E-state index contributed by atoms with van der Waals surface area (Å²) in [5.74, 6) is 1.63. The van der Waals surface area contributed by atoms with Gasteiger partial charge in [0.1, 0.15) is 0 Å². The van der Waals surface area contributed by atoms with Gasteiger partial charge in [0, 0.05) is 30.8 Å². The van der Waals surface area contributed by atoms with Crippen molar-refractivity contribution in [3.63, 3.8) is 0 Å². The van der Waals surface area contributed by atoms with Gasteiger partial charge in [0.05, 0.1) is 19.8 Å². The molecule has 3 N–H and O–H groups in total. The van der Waals surface area contributed by atoms with E-state index in [1.165, 1.54) is 0 Å². The number of methoxy groups -OCH3 is 1. The monoisotopic (exact) mass is 408 g/mol. The number of hydrogen-bond donors (Lipinski definition) is 3. The number of nitrogens with zero attached hydrogens (tertiary/aromatic N) is 1. The Hall–Kier alpha value is -2.25. The molecule has 2 heterocycles. The summed E-state index contributed by atoms with van der Waals surface area (Å²) in [6.07, 6.45) is 0.861. The van der Waals surface area contributed by atoms with Crippen LogP contribution in [0, 0.1) is 5.92 Å². The number of hydrogen-bond acceptors (Lipinski definition) is 5. The molecule has 1 amide bonds. The lowest BCUT2D eigenvalue weighted by Crippen LogP contribution is -2.30. The minimum absolute atomic E-state index is 0. The molecule has 3 rings (SSSR count). The number of fused-ring (bicyclic) bond motifs is 1. The van der Waals surface area contributed by atoms with Crippen LogP contribution in [-0.4, -0.2) is 36.4 Å². The highest BCUT2D eigenvalue weighted by atomic mass is 35.5. The Morgan fingerprint density at radius 2 is 2.07 bits per heavy atom. The third-order valence-corrected chi connectivity index (χ3v) is 4.63. The molecule has 1 aromatic heterocycles. The van der Waals surface area contributed by atoms with E-state index in [9.17, 15) is 4.79 Å². The van der Waals surface area contributed by atoms with E-state index in [4.69, 9.17) is 9.47 Å². The van der Waals surface area contributed by atoms with Gasteiger partial charge in [0.2, 0.25) is 0 Å². The highest BCUT2D eigenvalue weighted by Crippen LogP contribution is 2.31. The number of ether oxygens (including phenoxy) is 2. The number of aromatic amines is 1. The van der Waals surface area contributed by atoms with Crippen molar-refractivity contribution in [3.8, 4) is 11.5 Å². The molecule has 7 nitrogen and oxygen atoms in total. The maximum Gasteiger partial charge on any atom is 0.272 e. The number of amides is 1. The van der Waals surface area contributed by atoms with E-state index in [1.54, 1.807) is 7.11 Å². The van der Waals surface area contributed by atoms with Gasteiger partial charge >= 0.3 is 0 Å². The molecular formula is C20H29ClN4O3. The van der Waals surface area contributed by atoms with Crippen molar-refractivity contribution in [2.75, 3.05) is 20.3 Å². The first-order valence-corrected chi connectivity index (χ1v) is 9.38. The number of H-pyrrole nitrogens is 1. The van der Waals surface area contributed by atoms with Crippen LogP contribution in [0.5, 0.6) is 11.5 Å². The fourth-order valence-corrected chi connectivity index (χ4v) is 3.09. The van der Waals surface area contributed by atoms with E-state index in [-0.39, 0.29) is 24.4 Å². The van der Waals surface area contributed by atoms with Gasteiger partial charge < -0.3 is 20.1 Å². The molecule has 1 atom stereocenters. The van der Waals surface area contributed by atoms with E-state index in [2.05, 4.69) is 34.7 Å². The summed E-state index contributed by atoms with van der Waals surface area (Å²) >= 11 is 0. The summed E-state index contributed by atoms with van der Waals surface area (Å²) in [4.78, 5) is 12.7. The fraction of sp³-hybridized carbons (Fsp3) is 0.500. The number of aromatic nitrogens is 2. The summed E-state index contributed by atoms with van der Waals surface area (Å²) < 4.78 is 11.2. The van der Waals surface area contributed by atoms with Gasteiger partial charge in [-0.2, -0.15) is 5.10 Å². The summed E-state index contributed by atoms with van der Waals surface area (Å²) in [6, 6.07) is 5.56. The molecule has 0 bridgehead atoms. The first kappa shape index (κ1) is 22.0. The second-order valence-electron chi connectivity index (χ2n) is 7.27. The molecular weight excluding hydrogens is 380 g/mol. The fourth-order valence-electron chi connectivity index (χ4n) is 3.09. The van der Waals surface area contributed by atoms with Crippen LogP contribution in [0.1, 0.15) is 54.1 Å². The largest absolute Gasteiger partial charge is 0.493 e. The molecule has 1 aromatic carbocycles. The van der Waals surface area contributed by atoms with Crippen molar-refractivity contribution < 1.29 is 14.3 Å². The number of carbonyl (C=O) groups excluding carboxylic acids is 1. The van der Waals surface area contributed by atoms with E-state index >= 15 is 0 Å². The van der Waals surface area contributed by atoms with E-state index in [1.807, 2.05) is 25.1 Å². The number of benzene rings is 1. The Morgan fingerprint density at radius 1 is 1.29 bits per heavy atom. The highest BCUT2D eigenvalue weighted by Gasteiger charge is 2.23. The summed E-state index contributed by atoms with van der Waals surface area (Å²) in [5.41, 5.74) is 3.41. The van der Waals surface area contributed by atoms with Crippen LogP contribution >= 0.6 is 12.4 Å². The SMILES string of the molecule is COc1cc(C(C)NC(=O)c2n[nH]c3c2CNCC3)ccc1OCC(C)C.Cl. The molecule has 154 valence electrons. The maximum absolute atomic E-state index is 12.7. The molecule has 8 heteroatoms. The number of rotatable bonds is 7. The quantitative estimate of drug-likeness (QED) is 0.655. The molecule has 1 aliphatic heterocycles. The summed E-state index contributed by atoms with van der Waals surface area (Å²) in [5, 5.41) is 13.5. The van der Waals surface area contributed by atoms with Crippen LogP contribution < -0.4 is 20.1 Å². The molecule has 0 saturated heterocycles. The van der Waals surface area contributed by atoms with E-state index in [0.29, 0.717) is 36.3 Å². The molecule has 0 fully saturated rings. The van der Waals surface area contributed by atoms with E-state index in [0.717, 1.165) is 29.8 Å². The van der Waals surface area contributed by atoms with Crippen LogP contribution in [0.2, 0.25) is 0 Å².